The lowest BCUT2D eigenvalue weighted by molar-refractivity contribution is -0.122. The van der Waals surface area contributed by atoms with E-state index in [1.54, 1.807) is 24.3 Å². The zero-order valence-electron chi connectivity index (χ0n) is 14.5. The number of hydrogen-bond acceptors (Lipinski definition) is 4. The van der Waals surface area contributed by atoms with Crippen LogP contribution in [0.25, 0.3) is 0 Å². The van der Waals surface area contributed by atoms with Crippen LogP contribution in [0, 0.1) is 0 Å². The van der Waals surface area contributed by atoms with Crippen LogP contribution >= 0.6 is 0 Å². The molecular formula is C17H22N4O4. The first-order valence-corrected chi connectivity index (χ1v) is 8.09. The Bertz CT molecular complexity index is 702. The molecule has 0 saturated carbocycles. The van der Waals surface area contributed by atoms with E-state index in [4.69, 9.17) is 0 Å². The summed E-state index contributed by atoms with van der Waals surface area (Å²) in [4.78, 5) is 48.5. The number of anilines is 2. The van der Waals surface area contributed by atoms with Gasteiger partial charge in [0.2, 0.25) is 11.8 Å². The number of hydrogen-bond donors (Lipinski definition) is 3. The van der Waals surface area contributed by atoms with E-state index < -0.39 is 18.0 Å². The first kappa shape index (κ1) is 18.4. The van der Waals surface area contributed by atoms with Crippen molar-refractivity contribution in [3.63, 3.8) is 0 Å². The molecule has 134 valence electrons. The van der Waals surface area contributed by atoms with Gasteiger partial charge in [-0.05, 0) is 38.5 Å². The summed E-state index contributed by atoms with van der Waals surface area (Å²) < 4.78 is 0. The summed E-state index contributed by atoms with van der Waals surface area (Å²) in [5, 5.41) is 7.94. The van der Waals surface area contributed by atoms with E-state index in [2.05, 4.69) is 16.0 Å². The van der Waals surface area contributed by atoms with E-state index in [0.717, 1.165) is 4.90 Å². The standard InChI is InChI=1S/C17H22N4O4/c1-10(2)18-15(23)8-7-14-16(24)21(17(25)20-14)13-6-4-5-12(9-13)19-11(3)22/h4-6,9-10,14H,7-8H2,1-3H3,(H,18,23)(H,19,22)(H,20,25)/t14-/m1/s1. The van der Waals surface area contributed by atoms with Crippen molar-refractivity contribution in [2.45, 2.75) is 45.7 Å². The van der Waals surface area contributed by atoms with Crippen molar-refractivity contribution in [1.29, 1.82) is 0 Å². The molecule has 25 heavy (non-hydrogen) atoms. The van der Waals surface area contributed by atoms with Gasteiger partial charge in [-0.25, -0.2) is 9.69 Å². The van der Waals surface area contributed by atoms with Crippen molar-refractivity contribution in [1.82, 2.24) is 10.6 Å². The van der Waals surface area contributed by atoms with Gasteiger partial charge in [0.15, 0.2) is 0 Å². The molecular weight excluding hydrogens is 324 g/mol. The highest BCUT2D eigenvalue weighted by atomic mass is 16.2. The van der Waals surface area contributed by atoms with Gasteiger partial charge in [-0.3, -0.25) is 14.4 Å². The Kier molecular flexibility index (Phi) is 5.74. The molecule has 5 amide bonds. The summed E-state index contributed by atoms with van der Waals surface area (Å²) in [6.07, 6.45) is 0.375. The molecule has 2 rings (SSSR count). The molecule has 1 aromatic carbocycles. The maximum atomic E-state index is 12.5. The predicted molar refractivity (Wildman–Crippen MR) is 93.1 cm³/mol. The maximum Gasteiger partial charge on any atom is 0.329 e. The van der Waals surface area contributed by atoms with Crippen LogP contribution in [0.1, 0.15) is 33.6 Å². The quantitative estimate of drug-likeness (QED) is 0.676. The Labute approximate surface area is 145 Å². The minimum absolute atomic E-state index is 0.0226. The number of carbonyl (C=O) groups excluding carboxylic acids is 4. The molecule has 1 aromatic rings. The minimum atomic E-state index is -0.741. The monoisotopic (exact) mass is 346 g/mol. The average molecular weight is 346 g/mol. The van der Waals surface area contributed by atoms with Gasteiger partial charge in [-0.1, -0.05) is 6.07 Å². The van der Waals surface area contributed by atoms with Gasteiger partial charge in [0, 0.05) is 25.1 Å². The molecule has 0 aliphatic carbocycles. The Morgan fingerprint density at radius 1 is 1.28 bits per heavy atom. The van der Waals surface area contributed by atoms with Gasteiger partial charge < -0.3 is 16.0 Å². The van der Waals surface area contributed by atoms with Gasteiger partial charge in [0.1, 0.15) is 6.04 Å². The third-order valence-electron chi connectivity index (χ3n) is 3.55. The molecule has 8 heteroatoms. The molecule has 0 spiro atoms. The fourth-order valence-electron chi connectivity index (χ4n) is 2.57. The Hall–Kier alpha value is -2.90. The van der Waals surface area contributed by atoms with Crippen molar-refractivity contribution >= 4 is 35.1 Å². The van der Waals surface area contributed by atoms with Crippen LogP contribution in [0.4, 0.5) is 16.2 Å². The molecule has 0 bridgehead atoms. The number of nitrogens with one attached hydrogen (secondary N) is 3. The molecule has 0 aromatic heterocycles. The summed E-state index contributed by atoms with van der Waals surface area (Å²) in [5.41, 5.74) is 0.855. The second-order valence-electron chi connectivity index (χ2n) is 6.17. The third-order valence-corrected chi connectivity index (χ3v) is 3.55. The average Bonchev–Trinajstić information content (AvgIpc) is 2.78. The second-order valence-corrected chi connectivity index (χ2v) is 6.17. The zero-order valence-corrected chi connectivity index (χ0v) is 14.5. The Morgan fingerprint density at radius 3 is 2.64 bits per heavy atom. The van der Waals surface area contributed by atoms with Crippen molar-refractivity contribution in [2.24, 2.45) is 0 Å². The van der Waals surface area contributed by atoms with Gasteiger partial charge >= 0.3 is 6.03 Å². The van der Waals surface area contributed by atoms with Crippen LogP contribution in [-0.4, -0.2) is 35.8 Å². The van der Waals surface area contributed by atoms with E-state index in [1.807, 2.05) is 13.8 Å². The van der Waals surface area contributed by atoms with Crippen LogP contribution in [0.3, 0.4) is 0 Å². The van der Waals surface area contributed by atoms with E-state index in [9.17, 15) is 19.2 Å². The molecule has 3 N–H and O–H groups in total. The van der Waals surface area contributed by atoms with Gasteiger partial charge in [0.25, 0.3) is 5.91 Å². The number of rotatable bonds is 6. The van der Waals surface area contributed by atoms with E-state index in [-0.39, 0.29) is 30.7 Å². The molecule has 1 aliphatic heterocycles. The highest BCUT2D eigenvalue weighted by Gasteiger charge is 2.39. The summed E-state index contributed by atoms with van der Waals surface area (Å²) in [6, 6.07) is 5.20. The van der Waals surface area contributed by atoms with E-state index in [1.165, 1.54) is 6.92 Å². The molecule has 1 aliphatic rings. The van der Waals surface area contributed by atoms with Crippen LogP contribution in [0.2, 0.25) is 0 Å². The van der Waals surface area contributed by atoms with Crippen molar-refractivity contribution < 1.29 is 19.2 Å². The number of urea groups is 1. The molecule has 1 atom stereocenters. The van der Waals surface area contributed by atoms with Crippen LogP contribution in [0.5, 0.6) is 0 Å². The SMILES string of the molecule is CC(=O)Nc1cccc(N2C(=O)N[C@H](CCC(=O)NC(C)C)C2=O)c1. The van der Waals surface area contributed by atoms with Gasteiger partial charge in [-0.2, -0.15) is 0 Å². The molecule has 1 saturated heterocycles. The number of nitrogens with zero attached hydrogens (tertiary/aromatic N) is 1. The Morgan fingerprint density at radius 2 is 2.00 bits per heavy atom. The second kappa shape index (κ2) is 7.78. The van der Waals surface area contributed by atoms with Crippen LogP contribution < -0.4 is 20.9 Å². The molecule has 1 fully saturated rings. The highest BCUT2D eigenvalue weighted by molar-refractivity contribution is 6.21. The molecule has 8 nitrogen and oxygen atoms in total. The topological polar surface area (TPSA) is 108 Å². The molecule has 1 heterocycles. The minimum Gasteiger partial charge on any atom is -0.354 e. The number of amides is 5. The normalized spacial score (nSPS) is 16.8. The predicted octanol–water partition coefficient (Wildman–Crippen LogP) is 1.37. The van der Waals surface area contributed by atoms with E-state index in [0.29, 0.717) is 11.4 Å². The molecule has 0 radical (unpaired) electrons. The van der Waals surface area contributed by atoms with Crippen LogP contribution in [-0.2, 0) is 14.4 Å². The van der Waals surface area contributed by atoms with Gasteiger partial charge in [0.05, 0.1) is 5.69 Å². The van der Waals surface area contributed by atoms with Crippen LogP contribution in [0.15, 0.2) is 24.3 Å². The smallest absolute Gasteiger partial charge is 0.329 e. The Balaban J connectivity index is 2.06. The van der Waals surface area contributed by atoms with Gasteiger partial charge in [-0.15, -0.1) is 0 Å². The number of carbonyl (C=O) groups is 4. The molecule has 0 unspecified atom stereocenters. The van der Waals surface area contributed by atoms with Crippen molar-refractivity contribution in [2.75, 3.05) is 10.2 Å². The fourth-order valence-corrected chi connectivity index (χ4v) is 2.57. The lowest BCUT2D eigenvalue weighted by Gasteiger charge is -2.14. The first-order valence-electron chi connectivity index (χ1n) is 8.09. The summed E-state index contributed by atoms with van der Waals surface area (Å²) in [5.74, 6) is -0.825. The lowest BCUT2D eigenvalue weighted by atomic mass is 10.1. The maximum absolute atomic E-state index is 12.5. The largest absolute Gasteiger partial charge is 0.354 e. The highest BCUT2D eigenvalue weighted by Crippen LogP contribution is 2.24. The summed E-state index contributed by atoms with van der Waals surface area (Å²) in [6.45, 7) is 5.08. The van der Waals surface area contributed by atoms with Crippen molar-refractivity contribution in [3.05, 3.63) is 24.3 Å². The fraction of sp³-hybridized carbons (Fsp3) is 0.412. The van der Waals surface area contributed by atoms with Crippen molar-refractivity contribution in [3.8, 4) is 0 Å². The lowest BCUT2D eigenvalue weighted by Crippen LogP contribution is -2.34. The third kappa shape index (κ3) is 4.79. The first-order chi connectivity index (χ1) is 11.8. The zero-order chi connectivity index (χ0) is 18.6. The number of imide groups is 1. The number of benzene rings is 1. The summed E-state index contributed by atoms with van der Waals surface area (Å²) in [7, 11) is 0. The summed E-state index contributed by atoms with van der Waals surface area (Å²) >= 11 is 0. The van der Waals surface area contributed by atoms with E-state index >= 15 is 0 Å².